The Balaban J connectivity index is 0.00000169. The summed E-state index contributed by atoms with van der Waals surface area (Å²) in [4.78, 5) is 19.8. The van der Waals surface area contributed by atoms with Crippen molar-refractivity contribution in [3.05, 3.63) is 39.7 Å². The molecule has 76 valence electrons. The second-order valence-corrected chi connectivity index (χ2v) is 2.51. The highest BCUT2D eigenvalue weighted by Crippen LogP contribution is 2.21. The van der Waals surface area contributed by atoms with Crippen molar-refractivity contribution in [2.75, 3.05) is 0 Å². The molecule has 0 aliphatic rings. The number of hydrogen-bond donors (Lipinski definition) is 0. The van der Waals surface area contributed by atoms with E-state index in [-0.39, 0.29) is 12.4 Å². The molecule has 0 heterocycles. The van der Waals surface area contributed by atoms with Crippen molar-refractivity contribution >= 4 is 34.9 Å². The first kappa shape index (κ1) is 12.8. The summed E-state index contributed by atoms with van der Waals surface area (Å²) in [5, 5.41) is 9.15. The van der Waals surface area contributed by atoms with Gasteiger partial charge in [-0.15, -0.1) is 12.4 Å². The summed E-state index contributed by atoms with van der Waals surface area (Å²) >= 11 is 4.98. The van der Waals surface area contributed by atoms with Gasteiger partial charge in [0.2, 0.25) is 5.82 Å². The topological polar surface area (TPSA) is 60.2 Å². The van der Waals surface area contributed by atoms with Crippen LogP contribution >= 0.6 is 24.0 Å². The van der Waals surface area contributed by atoms with Crippen LogP contribution in [-0.2, 0) is 0 Å². The second-order valence-electron chi connectivity index (χ2n) is 2.17. The maximum atomic E-state index is 13.0. The van der Waals surface area contributed by atoms with E-state index >= 15 is 0 Å². The molecular formula is C7H4Cl2FNO3. The van der Waals surface area contributed by atoms with E-state index < -0.39 is 27.2 Å². The van der Waals surface area contributed by atoms with Gasteiger partial charge in [0.1, 0.15) is 0 Å². The van der Waals surface area contributed by atoms with Crippen LogP contribution < -0.4 is 0 Å². The van der Waals surface area contributed by atoms with Crippen LogP contribution in [0.5, 0.6) is 0 Å². The molecule has 0 bridgehead atoms. The Labute approximate surface area is 89.2 Å². The van der Waals surface area contributed by atoms with Gasteiger partial charge in [-0.05, 0) is 17.7 Å². The van der Waals surface area contributed by atoms with Crippen LogP contribution in [0.25, 0.3) is 0 Å². The van der Waals surface area contributed by atoms with Crippen molar-refractivity contribution in [3.8, 4) is 0 Å². The van der Waals surface area contributed by atoms with Crippen LogP contribution in [-0.4, -0.2) is 10.2 Å². The molecule has 0 atom stereocenters. The number of carbonyl (C=O) groups is 1. The summed E-state index contributed by atoms with van der Waals surface area (Å²) in [6.45, 7) is 0. The van der Waals surface area contributed by atoms with Crippen LogP contribution in [0.2, 0.25) is 0 Å². The molecule has 0 radical (unpaired) electrons. The first-order valence-corrected chi connectivity index (χ1v) is 3.54. The summed E-state index contributed by atoms with van der Waals surface area (Å²) in [6.07, 6.45) is 0. The van der Waals surface area contributed by atoms with Crippen LogP contribution in [0.3, 0.4) is 0 Å². The van der Waals surface area contributed by atoms with Crippen molar-refractivity contribution in [2.45, 2.75) is 0 Å². The molecule has 0 aromatic heterocycles. The molecule has 1 aromatic carbocycles. The zero-order chi connectivity index (χ0) is 10.0. The predicted octanol–water partition coefficient (Wildman–Crippen LogP) is 2.53. The molecule has 1 rings (SSSR count). The SMILES string of the molecule is Cl.O=C(Cl)c1cccc([N+](=O)[O-])c1F. The maximum Gasteiger partial charge on any atom is 0.305 e. The third kappa shape index (κ3) is 2.40. The molecule has 4 nitrogen and oxygen atoms in total. The van der Waals surface area contributed by atoms with Crippen molar-refractivity contribution in [2.24, 2.45) is 0 Å². The fourth-order valence-electron chi connectivity index (χ4n) is 0.813. The first-order valence-electron chi connectivity index (χ1n) is 3.16. The van der Waals surface area contributed by atoms with E-state index in [1.807, 2.05) is 0 Å². The fourth-order valence-corrected chi connectivity index (χ4v) is 0.959. The van der Waals surface area contributed by atoms with Gasteiger partial charge in [0, 0.05) is 6.07 Å². The summed E-state index contributed by atoms with van der Waals surface area (Å²) in [6, 6.07) is 3.23. The van der Waals surface area contributed by atoms with Crippen LogP contribution in [0.4, 0.5) is 10.1 Å². The van der Waals surface area contributed by atoms with Gasteiger partial charge in [0.05, 0.1) is 10.5 Å². The molecule has 0 aliphatic heterocycles. The molecule has 14 heavy (non-hydrogen) atoms. The molecule has 0 aliphatic carbocycles. The highest BCUT2D eigenvalue weighted by molar-refractivity contribution is 6.67. The summed E-state index contributed by atoms with van der Waals surface area (Å²) in [7, 11) is 0. The molecule has 0 saturated carbocycles. The molecule has 0 amide bonds. The van der Waals surface area contributed by atoms with E-state index in [1.165, 1.54) is 6.07 Å². The van der Waals surface area contributed by atoms with E-state index in [1.54, 1.807) is 0 Å². The lowest BCUT2D eigenvalue weighted by Crippen LogP contribution is -1.99. The van der Waals surface area contributed by atoms with Crippen LogP contribution in [0, 0.1) is 15.9 Å². The number of nitrogens with zero attached hydrogens (tertiary/aromatic N) is 1. The molecule has 0 spiro atoms. The third-order valence-corrected chi connectivity index (χ3v) is 1.59. The third-order valence-electron chi connectivity index (χ3n) is 1.39. The Hall–Kier alpha value is -1.20. The largest absolute Gasteiger partial charge is 0.305 e. The zero-order valence-corrected chi connectivity index (χ0v) is 8.14. The van der Waals surface area contributed by atoms with Gasteiger partial charge in [-0.1, -0.05) is 6.07 Å². The lowest BCUT2D eigenvalue weighted by atomic mass is 10.2. The minimum absolute atomic E-state index is 0. The van der Waals surface area contributed by atoms with Gasteiger partial charge in [-0.2, -0.15) is 4.39 Å². The number of carbonyl (C=O) groups excluding carboxylic acids is 1. The van der Waals surface area contributed by atoms with E-state index in [9.17, 15) is 19.3 Å². The lowest BCUT2D eigenvalue weighted by molar-refractivity contribution is -0.387. The Kier molecular flexibility index (Phi) is 4.46. The number of hydrogen-bond acceptors (Lipinski definition) is 3. The van der Waals surface area contributed by atoms with E-state index in [2.05, 4.69) is 0 Å². The molecule has 0 unspecified atom stereocenters. The normalized spacial score (nSPS) is 9.00. The van der Waals surface area contributed by atoms with Crippen molar-refractivity contribution in [1.82, 2.24) is 0 Å². The van der Waals surface area contributed by atoms with Crippen LogP contribution in [0.15, 0.2) is 18.2 Å². The Morgan fingerprint density at radius 3 is 2.50 bits per heavy atom. The Morgan fingerprint density at radius 2 is 2.07 bits per heavy atom. The molecule has 0 saturated heterocycles. The van der Waals surface area contributed by atoms with Crippen molar-refractivity contribution < 1.29 is 14.1 Å². The van der Waals surface area contributed by atoms with Gasteiger partial charge in [-0.25, -0.2) is 0 Å². The van der Waals surface area contributed by atoms with E-state index in [0.717, 1.165) is 12.1 Å². The van der Waals surface area contributed by atoms with Gasteiger partial charge in [-0.3, -0.25) is 14.9 Å². The predicted molar refractivity (Wildman–Crippen MR) is 50.5 cm³/mol. The van der Waals surface area contributed by atoms with Gasteiger partial charge in [0.25, 0.3) is 5.24 Å². The van der Waals surface area contributed by atoms with Crippen LogP contribution in [0.1, 0.15) is 10.4 Å². The van der Waals surface area contributed by atoms with Gasteiger partial charge < -0.3 is 0 Å². The highest BCUT2D eigenvalue weighted by atomic mass is 35.5. The standard InChI is InChI=1S/C7H3ClFNO3.ClH/c8-7(11)4-2-1-3-5(6(4)9)10(12)13;/h1-3H;1H. The van der Waals surface area contributed by atoms with Gasteiger partial charge >= 0.3 is 5.69 Å². The molecule has 0 N–H and O–H groups in total. The zero-order valence-electron chi connectivity index (χ0n) is 6.57. The smallest absolute Gasteiger partial charge is 0.275 e. The minimum Gasteiger partial charge on any atom is -0.275 e. The number of halogens is 3. The molecule has 7 heteroatoms. The fraction of sp³-hybridized carbons (Fsp3) is 0. The maximum absolute atomic E-state index is 13.0. The van der Waals surface area contributed by atoms with Crippen molar-refractivity contribution in [3.63, 3.8) is 0 Å². The monoisotopic (exact) mass is 239 g/mol. The van der Waals surface area contributed by atoms with E-state index in [4.69, 9.17) is 11.6 Å². The second kappa shape index (κ2) is 4.88. The number of nitro benzene ring substituents is 1. The molecular weight excluding hydrogens is 236 g/mol. The Bertz CT molecular complexity index is 351. The lowest BCUT2D eigenvalue weighted by Gasteiger charge is -1.96. The molecule has 0 fully saturated rings. The van der Waals surface area contributed by atoms with Crippen molar-refractivity contribution in [1.29, 1.82) is 0 Å². The number of rotatable bonds is 2. The quantitative estimate of drug-likeness (QED) is 0.453. The molecule has 1 aromatic rings. The summed E-state index contributed by atoms with van der Waals surface area (Å²) in [5.74, 6) is -1.20. The summed E-state index contributed by atoms with van der Waals surface area (Å²) in [5.41, 5.74) is -1.25. The first-order chi connectivity index (χ1) is 6.04. The average Bonchev–Trinajstić information content (AvgIpc) is 2.03. The average molecular weight is 240 g/mol. The Morgan fingerprint density at radius 1 is 1.50 bits per heavy atom. The summed E-state index contributed by atoms with van der Waals surface area (Å²) < 4.78 is 13.0. The number of nitro groups is 1. The minimum atomic E-state index is -1.20. The van der Waals surface area contributed by atoms with Gasteiger partial charge in [0.15, 0.2) is 0 Å². The number of benzene rings is 1. The highest BCUT2D eigenvalue weighted by Gasteiger charge is 2.19. The van der Waals surface area contributed by atoms with E-state index in [0.29, 0.717) is 0 Å².